The van der Waals surface area contributed by atoms with Crippen LogP contribution in [0.4, 0.5) is 0 Å². The molecule has 4 atom stereocenters. The minimum Gasteiger partial charge on any atom is -0.374 e. The predicted molar refractivity (Wildman–Crippen MR) is 152 cm³/mol. The summed E-state index contributed by atoms with van der Waals surface area (Å²) in [6.07, 6.45) is -1.16. The molecule has 0 bridgehead atoms. The molecule has 1 aliphatic rings. The van der Waals surface area contributed by atoms with Crippen LogP contribution in [-0.2, 0) is 27.4 Å². The Bertz CT molecular complexity index is 1430. The first-order chi connectivity index (χ1) is 18.6. The number of hydrogen-bond donors (Lipinski definition) is 2. The topological polar surface area (TPSA) is 103 Å². The smallest absolute Gasteiger partial charge is 0.330 e. The third-order valence-electron chi connectivity index (χ3n) is 6.29. The zero-order chi connectivity index (χ0) is 28.1. The number of benzene rings is 2. The third kappa shape index (κ3) is 6.79. The van der Waals surface area contributed by atoms with Gasteiger partial charge in [-0.25, -0.2) is 4.79 Å². The summed E-state index contributed by atoms with van der Waals surface area (Å²) in [7, 11) is -2.01. The standard InChI is InChI=1S/C29H33ClN2O6Si/c1-39(2,3)17-15-29(35)25(37-19-23-12-8-5-9-13-23)28(20-30,21-36-18-22-10-6-4-7-11-22)38-26(29)32-16-14-24(33)31-27(32)34/h4-14,16,25-26,35H,18-21H2,1-3H3,(H,31,33,34)/t25-,26-,28-,29+/m1/s1. The molecule has 0 amide bonds. The van der Waals surface area contributed by atoms with Crippen molar-refractivity contribution in [3.05, 3.63) is 105 Å². The van der Waals surface area contributed by atoms with Gasteiger partial charge in [0.25, 0.3) is 5.56 Å². The van der Waals surface area contributed by atoms with Gasteiger partial charge in [0.15, 0.2) is 11.8 Å². The molecule has 1 saturated heterocycles. The van der Waals surface area contributed by atoms with Crippen molar-refractivity contribution in [3.63, 3.8) is 0 Å². The monoisotopic (exact) mass is 568 g/mol. The van der Waals surface area contributed by atoms with Gasteiger partial charge >= 0.3 is 5.69 Å². The van der Waals surface area contributed by atoms with Crippen LogP contribution in [0.25, 0.3) is 0 Å². The van der Waals surface area contributed by atoms with Crippen molar-refractivity contribution in [2.75, 3.05) is 12.5 Å². The van der Waals surface area contributed by atoms with Crippen LogP contribution in [0.1, 0.15) is 17.4 Å². The minimum absolute atomic E-state index is 0.0452. The van der Waals surface area contributed by atoms with Crippen LogP contribution < -0.4 is 11.2 Å². The zero-order valence-corrected chi connectivity index (χ0v) is 24.0. The van der Waals surface area contributed by atoms with Crippen molar-refractivity contribution in [1.29, 1.82) is 0 Å². The number of nitrogens with zero attached hydrogens (tertiary/aromatic N) is 1. The van der Waals surface area contributed by atoms with Crippen LogP contribution >= 0.6 is 11.6 Å². The highest BCUT2D eigenvalue weighted by molar-refractivity contribution is 6.83. The highest BCUT2D eigenvalue weighted by Crippen LogP contribution is 2.47. The maximum atomic E-state index is 12.9. The molecule has 1 fully saturated rings. The molecule has 0 aliphatic carbocycles. The van der Waals surface area contributed by atoms with E-state index < -0.39 is 42.9 Å². The Morgan fingerprint density at radius 2 is 1.64 bits per heavy atom. The highest BCUT2D eigenvalue weighted by atomic mass is 35.5. The number of aliphatic hydroxyl groups is 1. The van der Waals surface area contributed by atoms with Gasteiger partial charge in [-0.15, -0.1) is 17.1 Å². The van der Waals surface area contributed by atoms with Crippen LogP contribution in [0.5, 0.6) is 0 Å². The van der Waals surface area contributed by atoms with Gasteiger partial charge in [-0.05, 0) is 11.1 Å². The molecule has 39 heavy (non-hydrogen) atoms. The lowest BCUT2D eigenvalue weighted by Crippen LogP contribution is -2.55. The number of nitrogens with one attached hydrogen (secondary N) is 1. The second kappa shape index (κ2) is 12.0. The van der Waals surface area contributed by atoms with E-state index in [9.17, 15) is 14.7 Å². The van der Waals surface area contributed by atoms with Crippen molar-refractivity contribution in [3.8, 4) is 11.5 Å². The van der Waals surface area contributed by atoms with E-state index in [0.717, 1.165) is 15.7 Å². The lowest BCUT2D eigenvalue weighted by atomic mass is 9.87. The number of hydrogen-bond acceptors (Lipinski definition) is 6. The van der Waals surface area contributed by atoms with Gasteiger partial charge in [0.2, 0.25) is 0 Å². The fraction of sp³-hybridized carbons (Fsp3) is 0.379. The fourth-order valence-corrected chi connectivity index (χ4v) is 5.25. The van der Waals surface area contributed by atoms with Gasteiger partial charge in [-0.2, -0.15) is 0 Å². The summed E-state index contributed by atoms with van der Waals surface area (Å²) in [6, 6.07) is 20.3. The first-order valence-electron chi connectivity index (χ1n) is 12.7. The molecule has 4 rings (SSSR count). The Hall–Kier alpha value is -2.97. The van der Waals surface area contributed by atoms with Gasteiger partial charge in [0.05, 0.1) is 25.7 Å². The molecule has 2 aromatic carbocycles. The van der Waals surface area contributed by atoms with Gasteiger partial charge < -0.3 is 19.3 Å². The van der Waals surface area contributed by atoms with Gasteiger partial charge in [-0.3, -0.25) is 14.3 Å². The van der Waals surface area contributed by atoms with Crippen LogP contribution in [0.2, 0.25) is 19.6 Å². The molecule has 206 valence electrons. The normalized spacial score (nSPS) is 24.7. The third-order valence-corrected chi connectivity index (χ3v) is 7.61. The maximum Gasteiger partial charge on any atom is 0.330 e. The quantitative estimate of drug-likeness (QED) is 0.233. The van der Waals surface area contributed by atoms with E-state index in [4.69, 9.17) is 25.8 Å². The van der Waals surface area contributed by atoms with E-state index in [1.165, 1.54) is 12.3 Å². The van der Waals surface area contributed by atoms with Crippen molar-refractivity contribution in [1.82, 2.24) is 9.55 Å². The summed E-state index contributed by atoms with van der Waals surface area (Å²) < 4.78 is 20.0. The lowest BCUT2D eigenvalue weighted by molar-refractivity contribution is -0.145. The van der Waals surface area contributed by atoms with Crippen molar-refractivity contribution < 1.29 is 19.3 Å². The van der Waals surface area contributed by atoms with Gasteiger partial charge in [0, 0.05) is 12.3 Å². The number of aromatic nitrogens is 2. The van der Waals surface area contributed by atoms with Crippen LogP contribution in [-0.4, -0.2) is 52.5 Å². The molecule has 0 spiro atoms. The van der Waals surface area contributed by atoms with Crippen LogP contribution in [0.15, 0.2) is 82.5 Å². The molecular weight excluding hydrogens is 536 g/mol. The van der Waals surface area contributed by atoms with Gasteiger partial charge in [-0.1, -0.05) is 86.2 Å². The van der Waals surface area contributed by atoms with E-state index in [1.54, 1.807) is 0 Å². The molecule has 0 unspecified atom stereocenters. The maximum absolute atomic E-state index is 12.9. The summed E-state index contributed by atoms with van der Waals surface area (Å²) in [5.41, 5.74) is 0.332. The number of halogens is 1. The number of ether oxygens (including phenoxy) is 3. The summed E-state index contributed by atoms with van der Waals surface area (Å²) in [4.78, 5) is 26.9. The predicted octanol–water partition coefficient (Wildman–Crippen LogP) is 3.46. The molecule has 0 saturated carbocycles. The van der Waals surface area contributed by atoms with E-state index in [1.807, 2.05) is 80.3 Å². The lowest BCUT2D eigenvalue weighted by Gasteiger charge is -2.35. The van der Waals surface area contributed by atoms with Crippen LogP contribution in [0, 0.1) is 11.5 Å². The molecular formula is C29H33ClN2O6Si. The van der Waals surface area contributed by atoms with E-state index in [2.05, 4.69) is 16.4 Å². The van der Waals surface area contributed by atoms with E-state index >= 15 is 0 Å². The zero-order valence-electron chi connectivity index (χ0n) is 22.2. The summed E-state index contributed by atoms with van der Waals surface area (Å²) in [5, 5.41) is 12.3. The molecule has 1 aromatic heterocycles. The number of rotatable bonds is 9. The first kappa shape index (κ1) is 29.0. The Balaban J connectivity index is 1.79. The number of alkyl halides is 1. The molecule has 2 N–H and O–H groups in total. The molecule has 0 radical (unpaired) electrons. The molecule has 3 aromatic rings. The Morgan fingerprint density at radius 1 is 1.03 bits per heavy atom. The van der Waals surface area contributed by atoms with Crippen molar-refractivity contribution in [2.45, 2.75) is 56.4 Å². The molecule has 1 aliphatic heterocycles. The fourth-order valence-electron chi connectivity index (χ4n) is 4.40. The minimum atomic E-state index is -2.01. The number of H-pyrrole nitrogens is 1. The second-order valence-corrected chi connectivity index (χ2v) is 15.7. The average molecular weight is 569 g/mol. The van der Waals surface area contributed by atoms with Crippen molar-refractivity contribution in [2.24, 2.45) is 0 Å². The number of aromatic amines is 1. The Kier molecular flexibility index (Phi) is 8.96. The Labute approximate surface area is 233 Å². The van der Waals surface area contributed by atoms with E-state index in [0.29, 0.717) is 0 Å². The molecule has 10 heteroatoms. The Morgan fingerprint density at radius 3 is 2.21 bits per heavy atom. The summed E-state index contributed by atoms with van der Waals surface area (Å²) in [6.45, 7) is 6.48. The average Bonchev–Trinajstić information content (AvgIpc) is 3.15. The first-order valence-corrected chi connectivity index (χ1v) is 16.7. The van der Waals surface area contributed by atoms with Gasteiger partial charge in [0.1, 0.15) is 19.8 Å². The summed E-state index contributed by atoms with van der Waals surface area (Å²) in [5.74, 6) is 2.90. The second-order valence-electron chi connectivity index (χ2n) is 10.7. The molecule has 2 heterocycles. The highest BCUT2D eigenvalue weighted by Gasteiger charge is 2.65. The molecule has 8 nitrogen and oxygen atoms in total. The summed E-state index contributed by atoms with van der Waals surface area (Å²) >= 11 is 6.58. The SMILES string of the molecule is C[Si](C)(C)C#C[C@]1(O)[C@H](OCc2ccccc2)[C@@](CCl)(COCc2ccccc2)O[C@H]1n1ccc(=O)[nH]c1=O. The van der Waals surface area contributed by atoms with E-state index in [-0.39, 0.29) is 25.7 Å². The van der Waals surface area contributed by atoms with Crippen molar-refractivity contribution >= 4 is 19.7 Å². The van der Waals surface area contributed by atoms with Crippen LogP contribution in [0.3, 0.4) is 0 Å². The largest absolute Gasteiger partial charge is 0.374 e.